The zero-order chi connectivity index (χ0) is 17.2. The van der Waals surface area contributed by atoms with Crippen molar-refractivity contribution >= 4 is 28.4 Å². The number of hydrogen-bond acceptors (Lipinski definition) is 2. The van der Waals surface area contributed by atoms with Gasteiger partial charge >= 0.3 is 0 Å². The van der Waals surface area contributed by atoms with Gasteiger partial charge in [0.05, 0.1) is 18.1 Å². The van der Waals surface area contributed by atoms with Crippen LogP contribution in [0.4, 0.5) is 0 Å². The smallest absolute Gasteiger partial charge is 0.222 e. The van der Waals surface area contributed by atoms with Gasteiger partial charge in [0.2, 0.25) is 5.91 Å². The Morgan fingerprint density at radius 2 is 2.00 bits per heavy atom. The van der Waals surface area contributed by atoms with Crippen LogP contribution in [0.2, 0.25) is 5.15 Å². The zero-order valence-electron chi connectivity index (χ0n) is 13.9. The number of aromatic nitrogens is 2. The van der Waals surface area contributed by atoms with Gasteiger partial charge in [-0.05, 0) is 42.5 Å². The van der Waals surface area contributed by atoms with Gasteiger partial charge in [-0.1, -0.05) is 48.0 Å². The molecule has 25 heavy (non-hydrogen) atoms. The van der Waals surface area contributed by atoms with Crippen LogP contribution in [0, 0.1) is 0 Å². The normalized spacial score (nSPS) is 16.6. The first kappa shape index (κ1) is 16.2. The molecule has 0 aliphatic heterocycles. The van der Waals surface area contributed by atoms with Crippen molar-refractivity contribution in [2.24, 2.45) is 0 Å². The predicted molar refractivity (Wildman–Crippen MR) is 99.6 cm³/mol. The third-order valence-electron chi connectivity index (χ3n) is 4.87. The monoisotopic (exact) mass is 353 g/mol. The van der Waals surface area contributed by atoms with E-state index < -0.39 is 0 Å². The van der Waals surface area contributed by atoms with E-state index >= 15 is 0 Å². The second-order valence-corrected chi connectivity index (χ2v) is 6.85. The molecule has 1 unspecified atom stereocenters. The SMILES string of the molecule is O=C(CCn1nc(Cl)c2ccccc21)NC1CCCc2ccccc21. The van der Waals surface area contributed by atoms with Crippen LogP contribution < -0.4 is 5.32 Å². The average molecular weight is 354 g/mol. The number of nitrogens with one attached hydrogen (secondary N) is 1. The van der Waals surface area contributed by atoms with Crippen molar-refractivity contribution < 1.29 is 4.79 Å². The van der Waals surface area contributed by atoms with E-state index in [9.17, 15) is 4.79 Å². The van der Waals surface area contributed by atoms with Crippen LogP contribution in [0.5, 0.6) is 0 Å². The van der Waals surface area contributed by atoms with Crippen LogP contribution >= 0.6 is 11.6 Å². The summed E-state index contributed by atoms with van der Waals surface area (Å²) in [6, 6.07) is 16.3. The minimum Gasteiger partial charge on any atom is -0.349 e. The van der Waals surface area contributed by atoms with Crippen molar-refractivity contribution in [3.63, 3.8) is 0 Å². The number of hydrogen-bond donors (Lipinski definition) is 1. The molecule has 1 atom stereocenters. The Labute approximate surface area is 151 Å². The maximum absolute atomic E-state index is 12.5. The molecule has 0 spiro atoms. The van der Waals surface area contributed by atoms with Crippen LogP contribution in [0.25, 0.3) is 10.9 Å². The minimum atomic E-state index is 0.0532. The molecule has 1 aliphatic rings. The molecule has 1 aromatic heterocycles. The van der Waals surface area contributed by atoms with Crippen LogP contribution in [0.15, 0.2) is 48.5 Å². The zero-order valence-corrected chi connectivity index (χ0v) is 14.7. The number of amides is 1. The number of aryl methyl sites for hydroxylation is 2. The second-order valence-electron chi connectivity index (χ2n) is 6.49. The first-order valence-corrected chi connectivity index (χ1v) is 9.08. The number of nitrogens with zero attached hydrogens (tertiary/aromatic N) is 2. The fourth-order valence-electron chi connectivity index (χ4n) is 3.64. The van der Waals surface area contributed by atoms with Gasteiger partial charge < -0.3 is 5.32 Å². The van der Waals surface area contributed by atoms with Gasteiger partial charge in [0.1, 0.15) is 0 Å². The van der Waals surface area contributed by atoms with Gasteiger partial charge in [0.25, 0.3) is 0 Å². The van der Waals surface area contributed by atoms with Crippen molar-refractivity contribution in [2.45, 2.75) is 38.3 Å². The Bertz CT molecular complexity index is 918. The maximum Gasteiger partial charge on any atom is 0.222 e. The van der Waals surface area contributed by atoms with E-state index in [1.807, 2.05) is 35.0 Å². The van der Waals surface area contributed by atoms with Crippen LogP contribution in [-0.2, 0) is 17.8 Å². The number of para-hydroxylation sites is 1. The highest BCUT2D eigenvalue weighted by Gasteiger charge is 2.21. The van der Waals surface area contributed by atoms with Crippen molar-refractivity contribution in [2.75, 3.05) is 0 Å². The van der Waals surface area contributed by atoms with Gasteiger partial charge in [-0.2, -0.15) is 5.10 Å². The number of benzene rings is 2. The summed E-state index contributed by atoms with van der Waals surface area (Å²) < 4.78 is 1.81. The molecular weight excluding hydrogens is 334 g/mol. The summed E-state index contributed by atoms with van der Waals surface area (Å²) in [6.07, 6.45) is 3.60. The minimum absolute atomic E-state index is 0.0532. The summed E-state index contributed by atoms with van der Waals surface area (Å²) in [5.41, 5.74) is 3.57. The molecule has 0 saturated heterocycles. The lowest BCUT2D eigenvalue weighted by atomic mass is 9.88. The maximum atomic E-state index is 12.5. The molecule has 3 aromatic rings. The fourth-order valence-corrected chi connectivity index (χ4v) is 3.89. The quantitative estimate of drug-likeness (QED) is 0.761. The molecule has 128 valence electrons. The molecule has 0 bridgehead atoms. The topological polar surface area (TPSA) is 46.9 Å². The van der Waals surface area contributed by atoms with E-state index in [0.29, 0.717) is 18.1 Å². The molecule has 0 fully saturated rings. The highest BCUT2D eigenvalue weighted by molar-refractivity contribution is 6.34. The van der Waals surface area contributed by atoms with Gasteiger partial charge in [-0.15, -0.1) is 0 Å². The molecular formula is C20H20ClN3O. The molecule has 5 heteroatoms. The average Bonchev–Trinajstić information content (AvgIpc) is 2.97. The van der Waals surface area contributed by atoms with Gasteiger partial charge in [0, 0.05) is 11.8 Å². The lowest BCUT2D eigenvalue weighted by molar-refractivity contribution is -0.122. The van der Waals surface area contributed by atoms with E-state index in [1.54, 1.807) is 0 Å². The van der Waals surface area contributed by atoms with E-state index in [1.165, 1.54) is 11.1 Å². The van der Waals surface area contributed by atoms with E-state index in [0.717, 1.165) is 30.2 Å². The molecule has 1 heterocycles. The predicted octanol–water partition coefficient (Wildman–Crippen LogP) is 4.27. The Morgan fingerprint density at radius 1 is 1.20 bits per heavy atom. The third kappa shape index (κ3) is 3.27. The van der Waals surface area contributed by atoms with E-state index in [4.69, 9.17) is 11.6 Å². The first-order chi connectivity index (χ1) is 12.2. The molecule has 2 aromatic carbocycles. The standard InChI is InChI=1S/C20H20ClN3O/c21-20-16-9-3-4-11-18(16)24(23-20)13-12-19(25)22-17-10-5-7-14-6-1-2-8-15(14)17/h1-4,6,8-9,11,17H,5,7,10,12-13H2,(H,22,25). The second kappa shape index (κ2) is 6.89. The number of halogens is 1. The summed E-state index contributed by atoms with van der Waals surface area (Å²) in [7, 11) is 0. The van der Waals surface area contributed by atoms with Crippen LogP contribution in [0.1, 0.15) is 36.4 Å². The third-order valence-corrected chi connectivity index (χ3v) is 5.15. The van der Waals surface area contributed by atoms with Crippen molar-refractivity contribution in [1.29, 1.82) is 0 Å². The molecule has 1 amide bonds. The van der Waals surface area contributed by atoms with E-state index in [-0.39, 0.29) is 11.9 Å². The van der Waals surface area contributed by atoms with Crippen LogP contribution in [-0.4, -0.2) is 15.7 Å². The Balaban J connectivity index is 1.43. The van der Waals surface area contributed by atoms with E-state index in [2.05, 4.69) is 28.6 Å². The Morgan fingerprint density at radius 3 is 2.92 bits per heavy atom. The van der Waals surface area contributed by atoms with Gasteiger partial charge in [0.15, 0.2) is 5.15 Å². The fraction of sp³-hybridized carbons (Fsp3) is 0.300. The number of rotatable bonds is 4. The summed E-state index contributed by atoms with van der Waals surface area (Å²) in [5.74, 6) is 0.0532. The lowest BCUT2D eigenvalue weighted by Crippen LogP contribution is -2.31. The number of fused-ring (bicyclic) bond motifs is 2. The van der Waals surface area contributed by atoms with Gasteiger partial charge in [-0.25, -0.2) is 0 Å². The Kier molecular flexibility index (Phi) is 4.45. The summed E-state index contributed by atoms with van der Waals surface area (Å²) in [4.78, 5) is 12.5. The van der Waals surface area contributed by atoms with Crippen molar-refractivity contribution in [3.05, 3.63) is 64.8 Å². The molecule has 0 radical (unpaired) electrons. The van der Waals surface area contributed by atoms with Gasteiger partial charge in [-0.3, -0.25) is 9.48 Å². The Hall–Kier alpha value is -2.33. The van der Waals surface area contributed by atoms with Crippen molar-refractivity contribution in [3.8, 4) is 0 Å². The number of carbonyl (C=O) groups excluding carboxylic acids is 1. The summed E-state index contributed by atoms with van der Waals surface area (Å²) >= 11 is 6.17. The largest absolute Gasteiger partial charge is 0.349 e. The number of carbonyl (C=O) groups is 1. The van der Waals surface area contributed by atoms with Crippen molar-refractivity contribution in [1.82, 2.24) is 15.1 Å². The summed E-state index contributed by atoms with van der Waals surface area (Å²) in [5, 5.41) is 8.94. The first-order valence-electron chi connectivity index (χ1n) is 8.70. The molecule has 4 rings (SSSR count). The molecule has 0 saturated carbocycles. The molecule has 1 N–H and O–H groups in total. The highest BCUT2D eigenvalue weighted by atomic mass is 35.5. The summed E-state index contributed by atoms with van der Waals surface area (Å²) in [6.45, 7) is 0.521. The van der Waals surface area contributed by atoms with Crippen LogP contribution in [0.3, 0.4) is 0 Å². The lowest BCUT2D eigenvalue weighted by Gasteiger charge is -2.26. The molecule has 1 aliphatic carbocycles. The molecule has 4 nitrogen and oxygen atoms in total. The highest BCUT2D eigenvalue weighted by Crippen LogP contribution is 2.29.